The van der Waals surface area contributed by atoms with Gasteiger partial charge in [0.1, 0.15) is 12.1 Å². The molecule has 4 aromatic rings. The first-order chi connectivity index (χ1) is 13.8. The summed E-state index contributed by atoms with van der Waals surface area (Å²) in [6, 6.07) is 8.04. The summed E-state index contributed by atoms with van der Waals surface area (Å²) in [6.45, 7) is 1.88. The molecule has 5 rings (SSSR count). The minimum atomic E-state index is 0.474. The number of rotatable bonds is 4. The zero-order chi connectivity index (χ0) is 18.9. The Morgan fingerprint density at radius 2 is 2.04 bits per heavy atom. The Bertz CT molecular complexity index is 1100. The number of fused-ring (bicyclic) bond motifs is 1. The molecule has 7 nitrogen and oxygen atoms in total. The van der Waals surface area contributed by atoms with Gasteiger partial charge >= 0.3 is 0 Å². The Kier molecular flexibility index (Phi) is 4.40. The summed E-state index contributed by atoms with van der Waals surface area (Å²) >= 11 is 1.74. The van der Waals surface area contributed by atoms with Crippen molar-refractivity contribution in [1.29, 1.82) is 0 Å². The molecule has 1 aromatic carbocycles. The number of methoxy groups -OCH3 is 1. The number of anilines is 1. The number of hydrogen-bond donors (Lipinski definition) is 0. The summed E-state index contributed by atoms with van der Waals surface area (Å²) in [5, 5.41) is 11.5. The predicted molar refractivity (Wildman–Crippen MR) is 109 cm³/mol. The third-order valence-electron chi connectivity index (χ3n) is 5.25. The summed E-state index contributed by atoms with van der Waals surface area (Å²) in [7, 11) is 1.70. The van der Waals surface area contributed by atoms with Crippen LogP contribution in [-0.4, -0.2) is 44.8 Å². The Morgan fingerprint density at radius 3 is 2.89 bits per heavy atom. The highest BCUT2D eigenvalue weighted by Crippen LogP contribution is 2.36. The number of hydrogen-bond acceptors (Lipinski definition) is 7. The maximum Gasteiger partial charge on any atom is 0.203 e. The van der Waals surface area contributed by atoms with Gasteiger partial charge in [-0.05, 0) is 25.0 Å². The molecule has 1 saturated heterocycles. The fourth-order valence-electron chi connectivity index (χ4n) is 3.76. The topological polar surface area (TPSA) is 68.4 Å². The molecule has 0 bridgehead atoms. The van der Waals surface area contributed by atoms with E-state index in [9.17, 15) is 0 Å². The molecule has 0 atom stereocenters. The monoisotopic (exact) mass is 392 g/mol. The zero-order valence-electron chi connectivity index (χ0n) is 15.5. The number of piperidine rings is 1. The highest BCUT2D eigenvalue weighted by atomic mass is 32.1. The summed E-state index contributed by atoms with van der Waals surface area (Å²) in [4.78, 5) is 11.8. The van der Waals surface area contributed by atoms with E-state index >= 15 is 0 Å². The van der Waals surface area contributed by atoms with Crippen molar-refractivity contribution >= 4 is 22.8 Å². The third-order valence-corrected chi connectivity index (χ3v) is 6.25. The molecule has 1 aliphatic rings. The summed E-state index contributed by atoms with van der Waals surface area (Å²) < 4.78 is 7.40. The molecule has 0 unspecified atom stereocenters. The van der Waals surface area contributed by atoms with E-state index in [4.69, 9.17) is 9.72 Å². The van der Waals surface area contributed by atoms with Crippen molar-refractivity contribution in [1.82, 2.24) is 24.6 Å². The fraction of sp³-hybridized carbons (Fsp3) is 0.300. The maximum absolute atomic E-state index is 5.48. The fourth-order valence-corrected chi connectivity index (χ4v) is 4.75. The first-order valence-corrected chi connectivity index (χ1v) is 10.2. The Morgan fingerprint density at radius 1 is 1.18 bits per heavy atom. The number of benzene rings is 1. The van der Waals surface area contributed by atoms with E-state index in [2.05, 4.69) is 31.5 Å². The van der Waals surface area contributed by atoms with Gasteiger partial charge in [0.15, 0.2) is 5.82 Å². The maximum atomic E-state index is 5.48. The van der Waals surface area contributed by atoms with Crippen LogP contribution in [0, 0.1) is 0 Å². The first kappa shape index (κ1) is 17.1. The van der Waals surface area contributed by atoms with Gasteiger partial charge in [0.25, 0.3) is 0 Å². The lowest BCUT2D eigenvalue weighted by atomic mass is 9.97. The lowest BCUT2D eigenvalue weighted by Crippen LogP contribution is -2.33. The number of para-hydroxylation sites is 1. The van der Waals surface area contributed by atoms with Crippen molar-refractivity contribution in [3.8, 4) is 17.0 Å². The Hall–Kier alpha value is -3.00. The van der Waals surface area contributed by atoms with Crippen LogP contribution in [0.3, 0.4) is 0 Å². The molecule has 28 heavy (non-hydrogen) atoms. The molecular weight excluding hydrogens is 372 g/mol. The van der Waals surface area contributed by atoms with Crippen molar-refractivity contribution < 1.29 is 4.74 Å². The minimum absolute atomic E-state index is 0.474. The quantitative estimate of drug-likeness (QED) is 0.528. The second kappa shape index (κ2) is 7.20. The lowest BCUT2D eigenvalue weighted by molar-refractivity contribution is 0.416. The number of thiazole rings is 1. The number of ether oxygens (including phenoxy) is 1. The van der Waals surface area contributed by atoms with Gasteiger partial charge in [0.05, 0.1) is 17.8 Å². The van der Waals surface area contributed by atoms with Crippen LogP contribution in [0.25, 0.3) is 16.9 Å². The molecule has 0 spiro atoms. The van der Waals surface area contributed by atoms with E-state index in [1.165, 1.54) is 5.01 Å². The zero-order valence-corrected chi connectivity index (χ0v) is 16.3. The van der Waals surface area contributed by atoms with E-state index < -0.39 is 0 Å². The van der Waals surface area contributed by atoms with Crippen molar-refractivity contribution in [2.24, 2.45) is 0 Å². The number of nitrogens with zero attached hydrogens (tertiary/aromatic N) is 6. The van der Waals surface area contributed by atoms with Crippen LogP contribution >= 0.6 is 11.3 Å². The van der Waals surface area contributed by atoms with Crippen molar-refractivity contribution in [2.45, 2.75) is 18.8 Å². The molecule has 142 valence electrons. The second-order valence-electron chi connectivity index (χ2n) is 6.85. The first-order valence-electron chi connectivity index (χ1n) is 9.31. The van der Waals surface area contributed by atoms with Crippen LogP contribution in [0.4, 0.5) is 5.82 Å². The summed E-state index contributed by atoms with van der Waals surface area (Å²) in [6.07, 6.45) is 7.49. The van der Waals surface area contributed by atoms with E-state index in [1.54, 1.807) is 31.0 Å². The average molecular weight is 392 g/mol. The highest BCUT2D eigenvalue weighted by molar-refractivity contribution is 7.10. The molecule has 8 heteroatoms. The average Bonchev–Trinajstić information content (AvgIpc) is 3.43. The van der Waals surface area contributed by atoms with Gasteiger partial charge < -0.3 is 9.64 Å². The molecule has 1 fully saturated rings. The summed E-state index contributed by atoms with van der Waals surface area (Å²) in [5.41, 5.74) is 2.86. The minimum Gasteiger partial charge on any atom is -0.496 e. The second-order valence-corrected chi connectivity index (χ2v) is 7.73. The Balaban J connectivity index is 1.32. The van der Waals surface area contributed by atoms with Crippen LogP contribution < -0.4 is 9.64 Å². The van der Waals surface area contributed by atoms with Crippen molar-refractivity contribution in [2.75, 3.05) is 25.1 Å². The molecule has 1 aliphatic heterocycles. The largest absolute Gasteiger partial charge is 0.496 e. The SMILES string of the molecule is COc1ccccc1-c1csc(C2CCN(c3nccn4cnnc34)CC2)n1. The molecule has 0 saturated carbocycles. The third kappa shape index (κ3) is 2.99. The van der Waals surface area contributed by atoms with Gasteiger partial charge in [-0.15, -0.1) is 21.5 Å². The predicted octanol–water partition coefficient (Wildman–Crippen LogP) is 3.64. The van der Waals surface area contributed by atoms with E-state index in [-0.39, 0.29) is 0 Å². The van der Waals surface area contributed by atoms with E-state index in [0.29, 0.717) is 5.92 Å². The van der Waals surface area contributed by atoms with Gasteiger partial charge in [0, 0.05) is 42.3 Å². The Labute approximate surface area is 166 Å². The van der Waals surface area contributed by atoms with Crippen LogP contribution in [0.5, 0.6) is 5.75 Å². The highest BCUT2D eigenvalue weighted by Gasteiger charge is 2.25. The standard InChI is InChI=1S/C20H20N6OS/c1-27-17-5-3-2-4-15(17)16-12-28-20(23-16)14-6-9-25(10-7-14)18-19-24-22-13-26(19)11-8-21-18/h2-5,8,11-14H,6-7,9-10H2,1H3. The molecule has 0 aliphatic carbocycles. The lowest BCUT2D eigenvalue weighted by Gasteiger charge is -2.31. The van der Waals surface area contributed by atoms with E-state index in [0.717, 1.165) is 54.4 Å². The normalized spacial score (nSPS) is 15.2. The van der Waals surface area contributed by atoms with Crippen molar-refractivity contribution in [3.05, 3.63) is 53.4 Å². The summed E-state index contributed by atoms with van der Waals surface area (Å²) in [5.74, 6) is 2.25. The van der Waals surface area contributed by atoms with Gasteiger partial charge in [0.2, 0.25) is 5.65 Å². The smallest absolute Gasteiger partial charge is 0.203 e. The molecule has 0 radical (unpaired) electrons. The molecule has 0 amide bonds. The van der Waals surface area contributed by atoms with Gasteiger partial charge in [-0.3, -0.25) is 4.40 Å². The van der Waals surface area contributed by atoms with Crippen LogP contribution in [0.15, 0.2) is 48.4 Å². The van der Waals surface area contributed by atoms with Crippen LogP contribution in [0.2, 0.25) is 0 Å². The van der Waals surface area contributed by atoms with Gasteiger partial charge in [-0.25, -0.2) is 9.97 Å². The molecule has 3 aromatic heterocycles. The molecular formula is C20H20N6OS. The van der Waals surface area contributed by atoms with E-state index in [1.807, 2.05) is 28.8 Å². The van der Waals surface area contributed by atoms with Gasteiger partial charge in [-0.2, -0.15) is 0 Å². The van der Waals surface area contributed by atoms with Crippen LogP contribution in [-0.2, 0) is 0 Å². The van der Waals surface area contributed by atoms with Crippen LogP contribution in [0.1, 0.15) is 23.8 Å². The number of aromatic nitrogens is 5. The van der Waals surface area contributed by atoms with Crippen molar-refractivity contribution in [3.63, 3.8) is 0 Å². The van der Waals surface area contributed by atoms with Gasteiger partial charge in [-0.1, -0.05) is 12.1 Å². The molecule has 0 N–H and O–H groups in total. The molecule has 4 heterocycles.